The Kier molecular flexibility index (Phi) is 6.13. The van der Waals surface area contributed by atoms with E-state index in [0.29, 0.717) is 24.3 Å². The molecule has 7 heteroatoms. The number of carbonyl (C=O) groups excluding carboxylic acids is 1. The molecule has 0 fully saturated rings. The van der Waals surface area contributed by atoms with Crippen LogP contribution in [0.15, 0.2) is 69.9 Å². The van der Waals surface area contributed by atoms with Gasteiger partial charge >= 0.3 is 0 Å². The van der Waals surface area contributed by atoms with Crippen LogP contribution in [0.5, 0.6) is 0 Å². The summed E-state index contributed by atoms with van der Waals surface area (Å²) < 4.78 is 15.3. The van der Waals surface area contributed by atoms with Gasteiger partial charge in [-0.05, 0) is 55.0 Å². The highest BCUT2D eigenvalue weighted by Gasteiger charge is 2.06. The van der Waals surface area contributed by atoms with Gasteiger partial charge in [-0.1, -0.05) is 22.0 Å². The van der Waals surface area contributed by atoms with Crippen LogP contribution >= 0.6 is 15.9 Å². The van der Waals surface area contributed by atoms with Gasteiger partial charge in [0.25, 0.3) is 5.56 Å². The Balaban J connectivity index is 1.60. The molecule has 3 aromatic rings. The number of carbonyl (C=O) groups is 1. The first-order valence-corrected chi connectivity index (χ1v) is 9.20. The van der Waals surface area contributed by atoms with Crippen molar-refractivity contribution in [2.24, 2.45) is 0 Å². The molecule has 1 N–H and O–H groups in total. The smallest absolute Gasteiger partial charge is 0.266 e. The summed E-state index contributed by atoms with van der Waals surface area (Å²) in [7, 11) is 0. The lowest BCUT2D eigenvalue weighted by Gasteiger charge is -2.08. The Hall–Kier alpha value is -2.80. The molecule has 1 amide bonds. The highest BCUT2D eigenvalue weighted by molar-refractivity contribution is 9.10. The average Bonchev–Trinajstić information content (AvgIpc) is 2.64. The van der Waals surface area contributed by atoms with Crippen molar-refractivity contribution in [3.05, 3.63) is 81.3 Å². The first-order chi connectivity index (χ1) is 13.0. The van der Waals surface area contributed by atoms with E-state index in [9.17, 15) is 14.0 Å². The number of amides is 1. The molecule has 0 atom stereocenters. The fourth-order valence-electron chi connectivity index (χ4n) is 2.56. The molecule has 138 valence electrons. The van der Waals surface area contributed by atoms with E-state index in [2.05, 4.69) is 26.3 Å². The van der Waals surface area contributed by atoms with Crippen molar-refractivity contribution in [2.75, 3.05) is 5.32 Å². The van der Waals surface area contributed by atoms with E-state index >= 15 is 0 Å². The van der Waals surface area contributed by atoms with Crippen LogP contribution in [0, 0.1) is 5.82 Å². The van der Waals surface area contributed by atoms with Crippen LogP contribution < -0.4 is 10.9 Å². The number of hydrogen-bond donors (Lipinski definition) is 1. The van der Waals surface area contributed by atoms with Gasteiger partial charge in [0.15, 0.2) is 0 Å². The van der Waals surface area contributed by atoms with Crippen LogP contribution in [-0.2, 0) is 11.3 Å². The molecular weight excluding hydrogens is 413 g/mol. The third kappa shape index (κ3) is 5.34. The minimum atomic E-state index is -0.330. The van der Waals surface area contributed by atoms with Gasteiger partial charge in [-0.15, -0.1) is 0 Å². The van der Waals surface area contributed by atoms with Crippen LogP contribution in [0.4, 0.5) is 10.1 Å². The zero-order valence-electron chi connectivity index (χ0n) is 14.4. The summed E-state index contributed by atoms with van der Waals surface area (Å²) in [6, 6.07) is 16.3. The second-order valence-electron chi connectivity index (χ2n) is 5.95. The number of halogens is 2. The molecule has 0 saturated carbocycles. The molecule has 1 aromatic heterocycles. The zero-order chi connectivity index (χ0) is 19.2. The first kappa shape index (κ1) is 19.0. The number of nitrogens with one attached hydrogen (secondary N) is 1. The molecule has 0 aliphatic carbocycles. The maximum absolute atomic E-state index is 13.1. The molecule has 27 heavy (non-hydrogen) atoms. The summed E-state index contributed by atoms with van der Waals surface area (Å²) in [5.74, 6) is -0.459. The van der Waals surface area contributed by atoms with Gasteiger partial charge in [0.1, 0.15) is 5.82 Å². The van der Waals surface area contributed by atoms with E-state index in [0.717, 1.165) is 10.0 Å². The second kappa shape index (κ2) is 8.73. The molecule has 0 spiro atoms. The van der Waals surface area contributed by atoms with Crippen LogP contribution in [0.1, 0.15) is 12.8 Å². The van der Waals surface area contributed by atoms with E-state index in [1.165, 1.54) is 22.9 Å². The molecule has 0 radical (unpaired) electrons. The Morgan fingerprint density at radius 3 is 2.63 bits per heavy atom. The number of aryl methyl sites for hydroxylation is 1. The Morgan fingerprint density at radius 1 is 1.11 bits per heavy atom. The van der Waals surface area contributed by atoms with Crippen molar-refractivity contribution in [1.82, 2.24) is 9.78 Å². The van der Waals surface area contributed by atoms with Gasteiger partial charge in [-0.25, -0.2) is 9.07 Å². The van der Waals surface area contributed by atoms with Crippen molar-refractivity contribution in [1.29, 1.82) is 0 Å². The molecule has 2 aromatic carbocycles. The number of rotatable bonds is 6. The predicted molar refractivity (Wildman–Crippen MR) is 106 cm³/mol. The third-order valence-corrected chi connectivity index (χ3v) is 4.38. The van der Waals surface area contributed by atoms with E-state index in [-0.39, 0.29) is 23.7 Å². The van der Waals surface area contributed by atoms with Crippen molar-refractivity contribution < 1.29 is 9.18 Å². The Labute approximate surface area is 164 Å². The summed E-state index contributed by atoms with van der Waals surface area (Å²) in [5.41, 5.74) is 1.77. The zero-order valence-corrected chi connectivity index (χ0v) is 15.9. The standard InChI is InChI=1S/C20H17BrFN3O2/c21-15-3-1-4-17(13-15)23-19(26)5-2-12-25-20(27)11-10-18(24-25)14-6-8-16(22)9-7-14/h1,3-4,6-11,13H,2,5,12H2,(H,23,26). The van der Waals surface area contributed by atoms with Crippen molar-refractivity contribution >= 4 is 27.5 Å². The maximum atomic E-state index is 13.1. The Morgan fingerprint density at radius 2 is 1.89 bits per heavy atom. The highest BCUT2D eigenvalue weighted by Crippen LogP contribution is 2.17. The van der Waals surface area contributed by atoms with Crippen LogP contribution in [-0.4, -0.2) is 15.7 Å². The van der Waals surface area contributed by atoms with Crippen molar-refractivity contribution in [3.63, 3.8) is 0 Å². The predicted octanol–water partition coefficient (Wildman–Crippen LogP) is 4.23. The summed E-state index contributed by atoms with van der Waals surface area (Å²) >= 11 is 3.35. The lowest BCUT2D eigenvalue weighted by atomic mass is 10.1. The van der Waals surface area contributed by atoms with Crippen LogP contribution in [0.3, 0.4) is 0 Å². The fourth-order valence-corrected chi connectivity index (χ4v) is 2.96. The topological polar surface area (TPSA) is 64.0 Å². The summed E-state index contributed by atoms with van der Waals surface area (Å²) in [5, 5.41) is 7.12. The normalized spacial score (nSPS) is 10.6. The molecule has 0 aliphatic heterocycles. The molecule has 5 nitrogen and oxygen atoms in total. The van der Waals surface area contributed by atoms with E-state index < -0.39 is 0 Å². The molecule has 0 bridgehead atoms. The molecule has 1 heterocycles. The number of nitrogens with zero attached hydrogens (tertiary/aromatic N) is 2. The SMILES string of the molecule is O=C(CCCn1nc(-c2ccc(F)cc2)ccc1=O)Nc1cccc(Br)c1. The summed E-state index contributed by atoms with van der Waals surface area (Å²) in [6.07, 6.45) is 0.737. The monoisotopic (exact) mass is 429 g/mol. The van der Waals surface area contributed by atoms with Gasteiger partial charge in [0.2, 0.25) is 5.91 Å². The largest absolute Gasteiger partial charge is 0.326 e. The molecule has 0 unspecified atom stereocenters. The van der Waals surface area contributed by atoms with E-state index in [1.54, 1.807) is 24.3 Å². The number of anilines is 1. The molecular formula is C20H17BrFN3O2. The quantitative estimate of drug-likeness (QED) is 0.637. The third-order valence-electron chi connectivity index (χ3n) is 3.89. The molecule has 0 aliphatic rings. The second-order valence-corrected chi connectivity index (χ2v) is 6.86. The number of hydrogen-bond acceptors (Lipinski definition) is 3. The maximum Gasteiger partial charge on any atom is 0.266 e. The summed E-state index contributed by atoms with van der Waals surface area (Å²) in [4.78, 5) is 24.0. The molecule has 3 rings (SSSR count). The number of benzene rings is 2. The van der Waals surface area contributed by atoms with Gasteiger partial charge in [-0.3, -0.25) is 9.59 Å². The van der Waals surface area contributed by atoms with Gasteiger partial charge in [-0.2, -0.15) is 5.10 Å². The molecule has 0 saturated heterocycles. The van der Waals surface area contributed by atoms with Crippen molar-refractivity contribution in [3.8, 4) is 11.3 Å². The first-order valence-electron chi connectivity index (χ1n) is 8.41. The minimum absolute atomic E-state index is 0.129. The fraction of sp³-hybridized carbons (Fsp3) is 0.150. The number of aromatic nitrogens is 2. The van der Waals surface area contributed by atoms with E-state index in [1.807, 2.05) is 18.2 Å². The highest BCUT2D eigenvalue weighted by atomic mass is 79.9. The minimum Gasteiger partial charge on any atom is -0.326 e. The van der Waals surface area contributed by atoms with Crippen LogP contribution in [0.2, 0.25) is 0 Å². The van der Waals surface area contributed by atoms with Gasteiger partial charge in [0.05, 0.1) is 5.69 Å². The average molecular weight is 430 g/mol. The lowest BCUT2D eigenvalue weighted by Crippen LogP contribution is -2.23. The van der Waals surface area contributed by atoms with Crippen molar-refractivity contribution in [2.45, 2.75) is 19.4 Å². The van der Waals surface area contributed by atoms with E-state index in [4.69, 9.17) is 0 Å². The summed E-state index contributed by atoms with van der Waals surface area (Å²) in [6.45, 7) is 0.319. The lowest BCUT2D eigenvalue weighted by molar-refractivity contribution is -0.116. The van der Waals surface area contributed by atoms with Crippen LogP contribution in [0.25, 0.3) is 11.3 Å². The Bertz CT molecular complexity index is 1000. The van der Waals surface area contributed by atoms with Gasteiger partial charge < -0.3 is 5.32 Å². The van der Waals surface area contributed by atoms with Gasteiger partial charge in [0, 0.05) is 34.8 Å².